The topological polar surface area (TPSA) is 115 Å². The van der Waals surface area contributed by atoms with Crippen molar-refractivity contribution >= 4 is 46.4 Å². The molecule has 13 heteroatoms. The van der Waals surface area contributed by atoms with Gasteiger partial charge in [-0.1, -0.05) is 48.2 Å². The first-order valence-electron chi connectivity index (χ1n) is 14.7. The van der Waals surface area contributed by atoms with Gasteiger partial charge in [0.2, 0.25) is 11.8 Å². The molecule has 2 amide bonds. The number of carbonyl (C=O) groups excluding carboxylic acids is 2. The van der Waals surface area contributed by atoms with E-state index in [4.69, 9.17) is 28.2 Å². The van der Waals surface area contributed by atoms with Crippen LogP contribution in [0.1, 0.15) is 44.2 Å². The third-order valence-corrected chi connectivity index (χ3v) is 8.80. The average molecular weight is 638 g/mol. The fourth-order valence-electron chi connectivity index (χ4n) is 6.08. The van der Waals surface area contributed by atoms with Gasteiger partial charge in [0, 0.05) is 48.9 Å². The molecule has 44 heavy (non-hydrogen) atoms. The largest absolute Gasteiger partial charge is 0.356 e. The van der Waals surface area contributed by atoms with E-state index in [-0.39, 0.29) is 23.4 Å². The molecule has 1 aromatic heterocycles. The number of halogens is 2. The summed E-state index contributed by atoms with van der Waals surface area (Å²) in [7, 11) is 0. The molecule has 3 aliphatic rings. The number of nitrogens with zero attached hydrogens (tertiary/aromatic N) is 5. The minimum absolute atomic E-state index is 0.0389. The molecule has 2 atom stereocenters. The molecule has 11 nitrogen and oxygen atoms in total. The minimum atomic E-state index is -0.498. The van der Waals surface area contributed by atoms with Crippen LogP contribution in [0, 0.1) is 0 Å². The van der Waals surface area contributed by atoms with E-state index in [1.165, 1.54) is 13.0 Å². The fourth-order valence-corrected chi connectivity index (χ4v) is 6.40. The summed E-state index contributed by atoms with van der Waals surface area (Å²) in [5, 5.41) is 5.71. The molecule has 0 unspecified atom stereocenters. The average Bonchev–Trinajstić information content (AvgIpc) is 3.46. The monoisotopic (exact) mass is 636 g/mol. The number of rotatable bonds is 3. The number of hydrogen-bond donors (Lipinski definition) is 3. The summed E-state index contributed by atoms with van der Waals surface area (Å²) < 4.78 is 1.69. The van der Waals surface area contributed by atoms with Gasteiger partial charge < -0.3 is 15.1 Å². The number of hydrazine groups is 2. The van der Waals surface area contributed by atoms with Gasteiger partial charge >= 0.3 is 0 Å². The number of nitrogens with one attached hydrogen (secondary N) is 3. The Bertz CT molecular complexity index is 1660. The van der Waals surface area contributed by atoms with Crippen molar-refractivity contribution in [3.05, 3.63) is 87.2 Å². The predicted molar refractivity (Wildman–Crippen MR) is 171 cm³/mol. The summed E-state index contributed by atoms with van der Waals surface area (Å²) in [5.74, 6) is -0.116. The second-order valence-electron chi connectivity index (χ2n) is 11.2. The Labute approximate surface area is 265 Å². The van der Waals surface area contributed by atoms with Crippen LogP contribution >= 0.6 is 23.2 Å². The molecule has 3 aliphatic heterocycles. The highest BCUT2D eigenvalue weighted by atomic mass is 35.5. The molecule has 2 aromatic carbocycles. The highest BCUT2D eigenvalue weighted by Gasteiger charge is 2.34. The third-order valence-electron chi connectivity index (χ3n) is 8.37. The Morgan fingerprint density at radius 2 is 1.86 bits per heavy atom. The SMILES string of the molecule is CC(=O)N1CCN2c3cccc(c3)[C@@H](n3cnc(-c4cc(Cl)ccc4N4C=C(Cl)NN4)cc3=O)CCCCCNC(=O)[C@H]2C1. The number of amides is 2. The quantitative estimate of drug-likeness (QED) is 0.373. The molecule has 0 radical (unpaired) electrons. The van der Waals surface area contributed by atoms with E-state index in [1.807, 2.05) is 24.3 Å². The van der Waals surface area contributed by atoms with Crippen molar-refractivity contribution in [3.63, 3.8) is 0 Å². The van der Waals surface area contributed by atoms with Crippen LogP contribution in [-0.2, 0) is 9.59 Å². The molecular formula is C31H34Cl2N8O3. The van der Waals surface area contributed by atoms with Crippen LogP contribution in [0.25, 0.3) is 11.3 Å². The molecule has 2 bridgehead atoms. The maximum Gasteiger partial charge on any atom is 0.254 e. The van der Waals surface area contributed by atoms with Crippen molar-refractivity contribution in [3.8, 4) is 11.3 Å². The zero-order valence-corrected chi connectivity index (χ0v) is 25.8. The van der Waals surface area contributed by atoms with Gasteiger partial charge in [0.1, 0.15) is 11.2 Å². The number of fused-ring (bicyclic) bond motifs is 4. The highest BCUT2D eigenvalue weighted by Crippen LogP contribution is 2.34. The summed E-state index contributed by atoms with van der Waals surface area (Å²) in [6.45, 7) is 3.50. The van der Waals surface area contributed by atoms with Crippen LogP contribution in [0.5, 0.6) is 0 Å². The summed E-state index contributed by atoms with van der Waals surface area (Å²) in [6.07, 6.45) is 6.60. The Balaban J connectivity index is 1.36. The van der Waals surface area contributed by atoms with Crippen LogP contribution in [0.2, 0.25) is 5.02 Å². The number of carbonyl (C=O) groups is 2. The molecule has 1 fully saturated rings. The Morgan fingerprint density at radius 3 is 2.64 bits per heavy atom. The lowest BCUT2D eigenvalue weighted by Gasteiger charge is -2.41. The zero-order valence-electron chi connectivity index (χ0n) is 24.3. The zero-order chi connectivity index (χ0) is 30.8. The van der Waals surface area contributed by atoms with Gasteiger partial charge in [-0.3, -0.25) is 29.4 Å². The van der Waals surface area contributed by atoms with Gasteiger partial charge in [0.15, 0.2) is 0 Å². The first kappa shape index (κ1) is 30.0. The summed E-state index contributed by atoms with van der Waals surface area (Å²) in [4.78, 5) is 47.7. The number of benzene rings is 2. The molecule has 3 N–H and O–H groups in total. The summed E-state index contributed by atoms with van der Waals surface area (Å²) in [5.41, 5.74) is 9.32. The lowest BCUT2D eigenvalue weighted by molar-refractivity contribution is -0.131. The van der Waals surface area contributed by atoms with Crippen LogP contribution in [0.4, 0.5) is 11.4 Å². The number of anilines is 2. The summed E-state index contributed by atoms with van der Waals surface area (Å²) in [6, 6.07) is 14.2. The van der Waals surface area contributed by atoms with E-state index in [9.17, 15) is 14.4 Å². The van der Waals surface area contributed by atoms with Crippen LogP contribution in [0.3, 0.4) is 0 Å². The van der Waals surface area contributed by atoms with Crippen LogP contribution in [-0.4, -0.2) is 58.5 Å². The fraction of sp³-hybridized carbons (Fsp3) is 0.355. The highest BCUT2D eigenvalue weighted by molar-refractivity contribution is 6.31. The summed E-state index contributed by atoms with van der Waals surface area (Å²) >= 11 is 12.5. The second-order valence-corrected chi connectivity index (χ2v) is 12.0. The smallest absolute Gasteiger partial charge is 0.254 e. The molecule has 0 saturated carbocycles. The maximum atomic E-state index is 13.8. The molecule has 3 aromatic rings. The van der Waals surface area contributed by atoms with Gasteiger partial charge in [0.05, 0.1) is 36.5 Å². The van der Waals surface area contributed by atoms with Crippen molar-refractivity contribution in [1.29, 1.82) is 0 Å². The normalized spacial score (nSPS) is 20.8. The van der Waals surface area contributed by atoms with E-state index in [1.54, 1.807) is 39.1 Å². The minimum Gasteiger partial charge on any atom is -0.356 e. The van der Waals surface area contributed by atoms with Crippen molar-refractivity contribution in [1.82, 2.24) is 30.7 Å². The molecular weight excluding hydrogens is 603 g/mol. The lowest BCUT2D eigenvalue weighted by Crippen LogP contribution is -2.60. The van der Waals surface area contributed by atoms with Crippen molar-refractivity contribution in [2.24, 2.45) is 0 Å². The van der Waals surface area contributed by atoms with Crippen molar-refractivity contribution in [2.45, 2.75) is 44.7 Å². The van der Waals surface area contributed by atoms with Gasteiger partial charge in [-0.15, -0.1) is 5.53 Å². The Kier molecular flexibility index (Phi) is 8.79. The van der Waals surface area contributed by atoms with E-state index in [0.717, 1.165) is 42.6 Å². The molecule has 0 spiro atoms. The van der Waals surface area contributed by atoms with Crippen molar-refractivity contribution < 1.29 is 9.59 Å². The lowest BCUT2D eigenvalue weighted by atomic mass is 9.98. The van der Waals surface area contributed by atoms with E-state index < -0.39 is 6.04 Å². The van der Waals surface area contributed by atoms with Gasteiger partial charge in [-0.05, 0) is 48.7 Å². The molecule has 0 aliphatic carbocycles. The Morgan fingerprint density at radius 1 is 1.00 bits per heavy atom. The molecule has 6 rings (SSSR count). The van der Waals surface area contributed by atoms with Gasteiger partial charge in [0.25, 0.3) is 5.56 Å². The van der Waals surface area contributed by atoms with E-state index in [0.29, 0.717) is 47.6 Å². The maximum absolute atomic E-state index is 13.8. The first-order valence-corrected chi connectivity index (χ1v) is 15.5. The number of hydrogen-bond acceptors (Lipinski definition) is 8. The molecule has 1 saturated heterocycles. The number of piperazine rings is 1. The Hall–Kier alpha value is -4.06. The molecule has 4 heterocycles. The van der Waals surface area contributed by atoms with Crippen molar-refractivity contribution in [2.75, 3.05) is 36.1 Å². The second kappa shape index (κ2) is 12.9. The van der Waals surface area contributed by atoms with E-state index in [2.05, 4.69) is 27.2 Å². The van der Waals surface area contributed by atoms with E-state index >= 15 is 0 Å². The third kappa shape index (κ3) is 6.26. The standard InChI is InChI=1S/C31H34Cl2N8O3/c1-20(42)38-12-13-39-23-7-5-6-21(14-23)26(8-3-2-4-11-34-31(44)28(39)17-38)40-19-35-25(16-30(40)43)24-15-22(32)9-10-27(24)41-18-29(33)36-37-41/h5-7,9-10,14-16,18-19,26,28,36-37H,2-4,8,11-13,17H2,1H3,(H,34,44)/t26-,28+/m0/s1. The van der Waals surface area contributed by atoms with Gasteiger partial charge in [-0.25, -0.2) is 4.98 Å². The number of aromatic nitrogens is 2. The predicted octanol–water partition coefficient (Wildman–Crippen LogP) is 3.75. The first-order chi connectivity index (χ1) is 21.3. The van der Waals surface area contributed by atoms with Crippen LogP contribution < -0.4 is 31.7 Å². The van der Waals surface area contributed by atoms with Crippen LogP contribution in [0.15, 0.2) is 71.0 Å². The van der Waals surface area contributed by atoms with Gasteiger partial charge in [-0.2, -0.15) is 0 Å². The molecule has 230 valence electrons.